The molecule has 0 aromatic rings. The second kappa shape index (κ2) is 5.49. The maximum Gasteiger partial charge on any atom is 0.161 e. The van der Waals surface area contributed by atoms with Crippen molar-refractivity contribution in [3.05, 3.63) is 11.6 Å². The van der Waals surface area contributed by atoms with E-state index >= 15 is 0 Å². The van der Waals surface area contributed by atoms with Crippen LogP contribution in [0.1, 0.15) is 59.3 Å². The zero-order valence-electron chi connectivity index (χ0n) is 15.9. The fourth-order valence-corrected chi connectivity index (χ4v) is 7.16. The number of ketones is 2. The van der Waals surface area contributed by atoms with Crippen LogP contribution in [0.3, 0.4) is 0 Å². The molecule has 26 heavy (non-hydrogen) atoms. The Morgan fingerprint density at radius 3 is 2.54 bits per heavy atom. The molecule has 5 heteroatoms. The van der Waals surface area contributed by atoms with Crippen molar-refractivity contribution in [2.75, 3.05) is 0 Å². The summed E-state index contributed by atoms with van der Waals surface area (Å²) < 4.78 is 0. The smallest absolute Gasteiger partial charge is 0.161 e. The van der Waals surface area contributed by atoms with Gasteiger partial charge in [0, 0.05) is 18.3 Å². The zero-order valence-corrected chi connectivity index (χ0v) is 15.9. The number of carbonyl (C=O) groups is 2. The molecule has 0 radical (unpaired) electrons. The minimum atomic E-state index is -1.53. The van der Waals surface area contributed by atoms with Crippen LogP contribution < -0.4 is 0 Å². The van der Waals surface area contributed by atoms with Gasteiger partial charge >= 0.3 is 0 Å². The van der Waals surface area contributed by atoms with Gasteiger partial charge in [0.2, 0.25) is 0 Å². The number of rotatable bonds is 1. The van der Waals surface area contributed by atoms with E-state index in [-0.39, 0.29) is 41.2 Å². The first kappa shape index (κ1) is 18.3. The summed E-state index contributed by atoms with van der Waals surface area (Å²) in [4.78, 5) is 24.2. The van der Waals surface area contributed by atoms with Crippen molar-refractivity contribution in [1.82, 2.24) is 0 Å². The second-order valence-electron chi connectivity index (χ2n) is 9.68. The maximum atomic E-state index is 12.3. The predicted molar refractivity (Wildman–Crippen MR) is 95.1 cm³/mol. The summed E-state index contributed by atoms with van der Waals surface area (Å²) in [6.07, 6.45) is 3.53. The average Bonchev–Trinajstić information content (AvgIpc) is 2.77. The first-order valence-corrected chi connectivity index (χ1v) is 9.88. The Bertz CT molecular complexity index is 699. The maximum absolute atomic E-state index is 12.3. The molecule has 8 atom stereocenters. The van der Waals surface area contributed by atoms with E-state index in [0.29, 0.717) is 19.3 Å². The molecule has 144 valence electrons. The summed E-state index contributed by atoms with van der Waals surface area (Å²) in [6.45, 7) is 5.50. The minimum Gasteiger partial charge on any atom is -0.393 e. The van der Waals surface area contributed by atoms with E-state index in [9.17, 15) is 24.9 Å². The van der Waals surface area contributed by atoms with Crippen molar-refractivity contribution in [3.8, 4) is 0 Å². The Balaban J connectivity index is 1.78. The molecule has 4 aliphatic rings. The van der Waals surface area contributed by atoms with Crippen molar-refractivity contribution < 1.29 is 24.9 Å². The molecule has 4 rings (SSSR count). The highest BCUT2D eigenvalue weighted by molar-refractivity contribution is 5.91. The van der Waals surface area contributed by atoms with Crippen LogP contribution in [0.4, 0.5) is 0 Å². The molecule has 4 aliphatic carbocycles. The van der Waals surface area contributed by atoms with Gasteiger partial charge in [-0.25, -0.2) is 0 Å². The van der Waals surface area contributed by atoms with E-state index in [1.807, 2.05) is 6.92 Å². The molecule has 0 saturated heterocycles. The molecule has 5 nitrogen and oxygen atoms in total. The van der Waals surface area contributed by atoms with Gasteiger partial charge in [-0.05, 0) is 61.9 Å². The van der Waals surface area contributed by atoms with Gasteiger partial charge < -0.3 is 15.3 Å². The third-order valence-electron chi connectivity index (χ3n) is 8.69. The zero-order chi connectivity index (χ0) is 19.1. The first-order valence-electron chi connectivity index (χ1n) is 9.88. The van der Waals surface area contributed by atoms with Crippen LogP contribution in [-0.4, -0.2) is 44.7 Å². The number of aliphatic hydroxyl groups is 3. The van der Waals surface area contributed by atoms with Crippen LogP contribution >= 0.6 is 0 Å². The van der Waals surface area contributed by atoms with Crippen LogP contribution in [0.2, 0.25) is 0 Å². The topological polar surface area (TPSA) is 94.8 Å². The summed E-state index contributed by atoms with van der Waals surface area (Å²) in [5, 5.41) is 33.0. The van der Waals surface area contributed by atoms with Crippen LogP contribution in [0.25, 0.3) is 0 Å². The quantitative estimate of drug-likeness (QED) is 0.661. The third-order valence-corrected chi connectivity index (χ3v) is 8.69. The van der Waals surface area contributed by atoms with Gasteiger partial charge in [0.25, 0.3) is 0 Å². The van der Waals surface area contributed by atoms with Crippen molar-refractivity contribution in [2.45, 2.75) is 77.1 Å². The van der Waals surface area contributed by atoms with Gasteiger partial charge in [-0.3, -0.25) is 9.59 Å². The van der Waals surface area contributed by atoms with Gasteiger partial charge in [-0.2, -0.15) is 0 Å². The monoisotopic (exact) mass is 362 g/mol. The Labute approximate surface area is 154 Å². The molecule has 2 unspecified atom stereocenters. The highest BCUT2D eigenvalue weighted by atomic mass is 16.3. The third kappa shape index (κ3) is 2.08. The molecule has 0 spiro atoms. The molecule has 3 fully saturated rings. The predicted octanol–water partition coefficient (Wildman–Crippen LogP) is 1.78. The molecule has 0 aromatic carbocycles. The SMILES string of the molecule is CC(=O)[C@@]1(O)CC(O)[C@H]2[C@@H]3C(O)CC4=CC(=O)CC[C@]4(C)[C@H]3CC[C@@]21C. The highest BCUT2D eigenvalue weighted by Crippen LogP contribution is 2.67. The van der Waals surface area contributed by atoms with Gasteiger partial charge in [-0.1, -0.05) is 19.4 Å². The van der Waals surface area contributed by atoms with Crippen molar-refractivity contribution in [2.24, 2.45) is 28.6 Å². The minimum absolute atomic E-state index is 0.0529. The fourth-order valence-electron chi connectivity index (χ4n) is 7.16. The standard InChI is InChI=1S/C21H30O5/c1-11(22)21(26)10-16(25)18-17-14(5-7-20(18,21)3)19(2)6-4-13(23)8-12(19)9-15(17)24/h8,14-18,24-26H,4-7,9-10H2,1-3H3/t14-,15?,16?,17-,18-,19-,20-,21-/m0/s1. The van der Waals surface area contributed by atoms with E-state index < -0.39 is 23.2 Å². The van der Waals surface area contributed by atoms with E-state index in [0.717, 1.165) is 18.4 Å². The lowest BCUT2D eigenvalue weighted by molar-refractivity contribution is -0.172. The summed E-state index contributed by atoms with van der Waals surface area (Å²) in [6, 6.07) is 0. The summed E-state index contributed by atoms with van der Waals surface area (Å²) in [5.74, 6) is -0.461. The Morgan fingerprint density at radius 2 is 1.88 bits per heavy atom. The van der Waals surface area contributed by atoms with Crippen molar-refractivity contribution in [3.63, 3.8) is 0 Å². The van der Waals surface area contributed by atoms with E-state index in [1.54, 1.807) is 6.08 Å². The normalized spacial score (nSPS) is 53.4. The lowest BCUT2D eigenvalue weighted by Crippen LogP contribution is -2.60. The van der Waals surface area contributed by atoms with Crippen LogP contribution in [0.5, 0.6) is 0 Å². The summed E-state index contributed by atoms with van der Waals surface area (Å²) >= 11 is 0. The van der Waals surface area contributed by atoms with Gasteiger partial charge in [0.15, 0.2) is 11.6 Å². The fraction of sp³-hybridized carbons (Fsp3) is 0.810. The molecule has 3 saturated carbocycles. The average molecular weight is 362 g/mol. The van der Waals surface area contributed by atoms with Crippen LogP contribution in [-0.2, 0) is 9.59 Å². The number of carbonyl (C=O) groups excluding carboxylic acids is 2. The van der Waals surface area contributed by atoms with E-state index in [1.165, 1.54) is 6.92 Å². The molecule has 0 bridgehead atoms. The lowest BCUT2D eigenvalue weighted by Gasteiger charge is -2.60. The molecule has 0 heterocycles. The number of aliphatic hydroxyl groups excluding tert-OH is 2. The van der Waals surface area contributed by atoms with Gasteiger partial charge in [0.1, 0.15) is 5.60 Å². The summed E-state index contributed by atoms with van der Waals surface area (Å²) in [7, 11) is 0. The van der Waals surface area contributed by atoms with Gasteiger partial charge in [-0.15, -0.1) is 0 Å². The van der Waals surface area contributed by atoms with Crippen molar-refractivity contribution in [1.29, 1.82) is 0 Å². The highest BCUT2D eigenvalue weighted by Gasteiger charge is 2.69. The second-order valence-corrected chi connectivity index (χ2v) is 9.68. The molecular formula is C21H30O5. The summed E-state index contributed by atoms with van der Waals surface area (Å²) in [5.41, 5.74) is -1.35. The first-order chi connectivity index (χ1) is 12.0. The number of hydrogen-bond donors (Lipinski definition) is 3. The Kier molecular flexibility index (Phi) is 3.87. The Morgan fingerprint density at radius 1 is 1.19 bits per heavy atom. The Hall–Kier alpha value is -1.04. The van der Waals surface area contributed by atoms with Crippen LogP contribution in [0, 0.1) is 28.6 Å². The lowest BCUT2D eigenvalue weighted by atomic mass is 9.45. The molecule has 0 aliphatic heterocycles. The van der Waals surface area contributed by atoms with Crippen LogP contribution in [0.15, 0.2) is 11.6 Å². The van der Waals surface area contributed by atoms with E-state index in [4.69, 9.17) is 0 Å². The van der Waals surface area contributed by atoms with E-state index in [2.05, 4.69) is 6.92 Å². The van der Waals surface area contributed by atoms with Gasteiger partial charge in [0.05, 0.1) is 12.2 Å². The molecular weight excluding hydrogens is 332 g/mol. The largest absolute Gasteiger partial charge is 0.393 e. The molecule has 3 N–H and O–H groups in total. The number of hydrogen-bond acceptors (Lipinski definition) is 5. The number of fused-ring (bicyclic) bond motifs is 5. The molecule has 0 amide bonds. The van der Waals surface area contributed by atoms with Crippen molar-refractivity contribution >= 4 is 11.6 Å². The molecule has 0 aromatic heterocycles. The number of Topliss-reactive ketones (excluding diaryl/α,β-unsaturated/α-hetero) is 1.